The molecule has 1 fully saturated rings. The first-order chi connectivity index (χ1) is 4.63. The Hall–Kier alpha value is -0.0800. The zero-order valence-electron chi connectivity index (χ0n) is 8.56. The van der Waals surface area contributed by atoms with Gasteiger partial charge in [0.25, 0.3) is 0 Å². The van der Waals surface area contributed by atoms with Crippen LogP contribution in [0.25, 0.3) is 0 Å². The summed E-state index contributed by atoms with van der Waals surface area (Å²) in [5, 5.41) is 0. The van der Waals surface area contributed by atoms with Gasteiger partial charge in [0.1, 0.15) is 0 Å². The Morgan fingerprint density at radius 1 is 1.00 bits per heavy atom. The lowest BCUT2D eigenvalue weighted by Crippen LogP contribution is -1.99. The highest BCUT2D eigenvalue weighted by Gasteiger charge is 2.07. The molecule has 0 atom stereocenters. The highest BCUT2D eigenvalue weighted by Crippen LogP contribution is 2.22. The van der Waals surface area contributed by atoms with E-state index < -0.39 is 0 Å². The molecule has 0 unspecified atom stereocenters. The van der Waals surface area contributed by atoms with Gasteiger partial charge in [0, 0.05) is 0 Å². The van der Waals surface area contributed by atoms with E-state index in [0.29, 0.717) is 0 Å². The van der Waals surface area contributed by atoms with Crippen LogP contribution in [0.4, 0.5) is 0 Å². The van der Waals surface area contributed by atoms with E-state index in [2.05, 4.69) is 6.92 Å². The van der Waals surface area contributed by atoms with Crippen molar-refractivity contribution >= 4 is 0 Å². The molecular formula is C9H24N2. The Kier molecular flexibility index (Phi) is 9.85. The fourth-order valence-electron chi connectivity index (χ4n) is 1.13. The standard InChI is InChI=1S/C6H12.C3H9N.H3N/c1-6-4-2-3-5-6;1-4(2)3;/h6H,2-5H2,1H3;1-3H3;1H3. The van der Waals surface area contributed by atoms with Crippen LogP contribution < -0.4 is 6.15 Å². The summed E-state index contributed by atoms with van der Waals surface area (Å²) in [6.45, 7) is 2.34. The van der Waals surface area contributed by atoms with Gasteiger partial charge in [-0.3, -0.25) is 0 Å². The maximum atomic E-state index is 2.34. The SMILES string of the molecule is CC1CCCC1.CN(C)C.N. The van der Waals surface area contributed by atoms with Gasteiger partial charge in [-0.05, 0) is 27.1 Å². The van der Waals surface area contributed by atoms with Crippen LogP contribution in [0.2, 0.25) is 0 Å². The summed E-state index contributed by atoms with van der Waals surface area (Å²) in [4.78, 5) is 2.00. The molecule has 0 radical (unpaired) electrons. The number of hydrogen-bond acceptors (Lipinski definition) is 2. The molecule has 0 aromatic heterocycles. The van der Waals surface area contributed by atoms with Crippen LogP contribution in [0.3, 0.4) is 0 Å². The average Bonchev–Trinajstić information content (AvgIpc) is 2.15. The third-order valence-electron chi connectivity index (χ3n) is 1.64. The normalized spacial score (nSPS) is 17.2. The van der Waals surface area contributed by atoms with Gasteiger partial charge in [-0.25, -0.2) is 0 Å². The number of hydrogen-bond donors (Lipinski definition) is 1. The molecule has 1 aliphatic carbocycles. The second-order valence-corrected chi connectivity index (χ2v) is 3.73. The van der Waals surface area contributed by atoms with Crippen molar-refractivity contribution in [3.8, 4) is 0 Å². The van der Waals surface area contributed by atoms with Gasteiger partial charge in [-0.15, -0.1) is 0 Å². The van der Waals surface area contributed by atoms with E-state index in [-0.39, 0.29) is 6.15 Å². The van der Waals surface area contributed by atoms with Crippen LogP contribution in [0.15, 0.2) is 0 Å². The molecule has 2 heteroatoms. The van der Waals surface area contributed by atoms with Crippen LogP contribution in [0.1, 0.15) is 32.6 Å². The average molecular weight is 160 g/mol. The van der Waals surface area contributed by atoms with Gasteiger partial charge in [0.05, 0.1) is 0 Å². The summed E-state index contributed by atoms with van der Waals surface area (Å²) in [7, 11) is 6.00. The molecule has 0 aliphatic heterocycles. The van der Waals surface area contributed by atoms with Crippen LogP contribution in [-0.2, 0) is 0 Å². The van der Waals surface area contributed by atoms with Crippen LogP contribution in [0.5, 0.6) is 0 Å². The Labute approximate surface area is 71.6 Å². The second kappa shape index (κ2) is 8.02. The van der Waals surface area contributed by atoms with Crippen molar-refractivity contribution in [2.24, 2.45) is 5.92 Å². The van der Waals surface area contributed by atoms with E-state index in [1.54, 1.807) is 0 Å². The zero-order valence-corrected chi connectivity index (χ0v) is 8.56. The van der Waals surface area contributed by atoms with Crippen molar-refractivity contribution in [1.82, 2.24) is 11.1 Å². The van der Waals surface area contributed by atoms with E-state index in [4.69, 9.17) is 0 Å². The highest BCUT2D eigenvalue weighted by molar-refractivity contribution is 4.60. The van der Waals surface area contributed by atoms with Crippen molar-refractivity contribution in [3.05, 3.63) is 0 Å². The maximum Gasteiger partial charge on any atom is -0.0140 e. The molecular weight excluding hydrogens is 136 g/mol. The van der Waals surface area contributed by atoms with E-state index in [1.165, 1.54) is 25.7 Å². The Balaban J connectivity index is 0. The molecule has 1 aliphatic rings. The van der Waals surface area contributed by atoms with E-state index in [9.17, 15) is 0 Å². The summed E-state index contributed by atoms with van der Waals surface area (Å²) in [6, 6.07) is 0. The molecule has 3 N–H and O–H groups in total. The quantitative estimate of drug-likeness (QED) is 0.591. The van der Waals surface area contributed by atoms with Gasteiger partial charge in [-0.2, -0.15) is 0 Å². The lowest BCUT2D eigenvalue weighted by atomic mass is 10.2. The maximum absolute atomic E-state index is 2.34. The molecule has 2 nitrogen and oxygen atoms in total. The van der Waals surface area contributed by atoms with Crippen molar-refractivity contribution in [2.75, 3.05) is 21.1 Å². The van der Waals surface area contributed by atoms with Gasteiger partial charge < -0.3 is 11.1 Å². The molecule has 0 aromatic rings. The predicted octanol–water partition coefficient (Wildman–Crippen LogP) is 2.54. The van der Waals surface area contributed by atoms with E-state index >= 15 is 0 Å². The lowest BCUT2D eigenvalue weighted by molar-refractivity contribution is 0.505. The Bertz CT molecular complexity index is 63.2. The molecule has 0 saturated heterocycles. The number of rotatable bonds is 0. The highest BCUT2D eigenvalue weighted by atomic mass is 15.0. The van der Waals surface area contributed by atoms with Crippen molar-refractivity contribution in [3.63, 3.8) is 0 Å². The molecule has 0 amide bonds. The third kappa shape index (κ3) is 13.0. The van der Waals surface area contributed by atoms with E-state index in [1.807, 2.05) is 26.0 Å². The zero-order chi connectivity index (χ0) is 7.98. The Morgan fingerprint density at radius 2 is 1.27 bits per heavy atom. The first-order valence-corrected chi connectivity index (χ1v) is 4.24. The van der Waals surface area contributed by atoms with E-state index in [0.717, 1.165) is 5.92 Å². The molecule has 11 heavy (non-hydrogen) atoms. The fraction of sp³-hybridized carbons (Fsp3) is 1.00. The lowest BCUT2D eigenvalue weighted by Gasteiger charge is -1.91. The molecule has 1 saturated carbocycles. The summed E-state index contributed by atoms with van der Waals surface area (Å²) in [6.07, 6.45) is 5.95. The largest absolute Gasteiger partial charge is 0.344 e. The molecule has 0 heterocycles. The summed E-state index contributed by atoms with van der Waals surface area (Å²) in [5.74, 6) is 1.05. The van der Waals surface area contributed by atoms with Crippen molar-refractivity contribution in [1.29, 1.82) is 0 Å². The molecule has 0 bridgehead atoms. The smallest absolute Gasteiger partial charge is 0.0140 e. The third-order valence-corrected chi connectivity index (χ3v) is 1.64. The first-order valence-electron chi connectivity index (χ1n) is 4.24. The van der Waals surface area contributed by atoms with Gasteiger partial charge in [0.15, 0.2) is 0 Å². The monoisotopic (exact) mass is 160 g/mol. The van der Waals surface area contributed by atoms with Gasteiger partial charge in [0.2, 0.25) is 0 Å². The Morgan fingerprint density at radius 3 is 1.36 bits per heavy atom. The fourth-order valence-corrected chi connectivity index (χ4v) is 1.13. The number of nitrogens with zero attached hydrogens (tertiary/aromatic N) is 1. The summed E-state index contributed by atoms with van der Waals surface area (Å²) >= 11 is 0. The van der Waals surface area contributed by atoms with Crippen molar-refractivity contribution < 1.29 is 0 Å². The topological polar surface area (TPSA) is 38.2 Å². The second-order valence-electron chi connectivity index (χ2n) is 3.73. The minimum absolute atomic E-state index is 0. The van der Waals surface area contributed by atoms with Crippen LogP contribution in [0, 0.1) is 5.92 Å². The van der Waals surface area contributed by atoms with Crippen molar-refractivity contribution in [2.45, 2.75) is 32.6 Å². The first kappa shape index (κ1) is 13.5. The van der Waals surface area contributed by atoms with Gasteiger partial charge in [-0.1, -0.05) is 32.6 Å². The molecule has 0 spiro atoms. The summed E-state index contributed by atoms with van der Waals surface area (Å²) < 4.78 is 0. The minimum atomic E-state index is 0. The molecule has 70 valence electrons. The van der Waals surface area contributed by atoms with Crippen LogP contribution >= 0.6 is 0 Å². The van der Waals surface area contributed by atoms with Crippen LogP contribution in [-0.4, -0.2) is 26.0 Å². The molecule has 0 aromatic carbocycles. The predicted molar refractivity (Wildman–Crippen MR) is 52.3 cm³/mol. The minimum Gasteiger partial charge on any atom is -0.344 e. The summed E-state index contributed by atoms with van der Waals surface area (Å²) in [5.41, 5.74) is 0. The van der Waals surface area contributed by atoms with Gasteiger partial charge >= 0.3 is 0 Å². The molecule has 1 rings (SSSR count).